The Morgan fingerprint density at radius 2 is 2.00 bits per heavy atom. The molecule has 0 aliphatic heterocycles. The highest BCUT2D eigenvalue weighted by atomic mass is 35.5. The number of halogens is 2. The predicted octanol–water partition coefficient (Wildman–Crippen LogP) is 4.87. The van der Waals surface area contributed by atoms with Crippen LogP contribution < -0.4 is 10.1 Å². The largest absolute Gasteiger partial charge is 0.495 e. The molecule has 1 N–H and O–H groups in total. The molecule has 2 rings (SSSR count). The number of rotatable bonds is 5. The molecule has 0 spiro atoms. The molecule has 0 heterocycles. The first-order chi connectivity index (χ1) is 11.8. The zero-order valence-electron chi connectivity index (χ0n) is 13.4. The molecule has 0 radical (unpaired) electrons. The third kappa shape index (κ3) is 4.71. The van der Waals surface area contributed by atoms with Gasteiger partial charge in [-0.3, -0.25) is 14.9 Å². The number of nitro groups is 1. The van der Waals surface area contributed by atoms with Crippen LogP contribution in [0.4, 0.5) is 11.4 Å². The Morgan fingerprint density at radius 3 is 2.64 bits per heavy atom. The standard InChI is InChI=1S/C17H14Cl2N2O4/c1-10-3-5-13(21(23)24)9-15(10)20-16(22)6-4-11-7-12(18)8-14(19)17(11)25-2/h3-9H,1-2H3,(H,20,22)/b6-4+. The van der Waals surface area contributed by atoms with E-state index < -0.39 is 10.8 Å². The van der Waals surface area contributed by atoms with Crippen LogP contribution in [0.2, 0.25) is 10.0 Å². The van der Waals surface area contributed by atoms with E-state index in [-0.39, 0.29) is 5.69 Å². The van der Waals surface area contributed by atoms with Gasteiger partial charge in [-0.15, -0.1) is 0 Å². The summed E-state index contributed by atoms with van der Waals surface area (Å²) in [5.41, 5.74) is 1.50. The molecule has 0 saturated carbocycles. The van der Waals surface area contributed by atoms with Crippen LogP contribution in [0.25, 0.3) is 6.08 Å². The van der Waals surface area contributed by atoms with Crippen LogP contribution in [0.15, 0.2) is 36.4 Å². The number of nitrogens with one attached hydrogen (secondary N) is 1. The number of carbonyl (C=O) groups is 1. The topological polar surface area (TPSA) is 81.5 Å². The third-order valence-corrected chi connectivity index (χ3v) is 3.84. The van der Waals surface area contributed by atoms with E-state index in [1.165, 1.54) is 37.5 Å². The fourth-order valence-corrected chi connectivity index (χ4v) is 2.70. The molecular formula is C17H14Cl2N2O4. The number of non-ortho nitro benzene ring substituents is 1. The van der Waals surface area contributed by atoms with Crippen LogP contribution in [0.1, 0.15) is 11.1 Å². The molecule has 0 bridgehead atoms. The lowest BCUT2D eigenvalue weighted by Gasteiger charge is -2.08. The van der Waals surface area contributed by atoms with Gasteiger partial charge in [0.15, 0.2) is 0 Å². The number of aryl methyl sites for hydroxylation is 1. The second-order valence-electron chi connectivity index (χ2n) is 5.09. The molecule has 2 aromatic carbocycles. The first-order valence-electron chi connectivity index (χ1n) is 7.09. The monoisotopic (exact) mass is 380 g/mol. The average molecular weight is 381 g/mol. The van der Waals surface area contributed by atoms with E-state index in [0.29, 0.717) is 32.6 Å². The lowest BCUT2D eigenvalue weighted by Crippen LogP contribution is -2.09. The zero-order valence-corrected chi connectivity index (χ0v) is 14.9. The summed E-state index contributed by atoms with van der Waals surface area (Å²) in [4.78, 5) is 22.4. The number of carbonyl (C=O) groups excluding carboxylic acids is 1. The van der Waals surface area contributed by atoms with Crippen molar-refractivity contribution in [3.8, 4) is 5.75 Å². The van der Waals surface area contributed by atoms with Gasteiger partial charge in [-0.25, -0.2) is 0 Å². The highest BCUT2D eigenvalue weighted by Gasteiger charge is 2.11. The van der Waals surface area contributed by atoms with Crippen molar-refractivity contribution in [1.29, 1.82) is 0 Å². The van der Waals surface area contributed by atoms with Gasteiger partial charge < -0.3 is 10.1 Å². The summed E-state index contributed by atoms with van der Waals surface area (Å²) in [5, 5.41) is 14.2. The van der Waals surface area contributed by atoms with E-state index in [9.17, 15) is 14.9 Å². The Labute approximate surface area is 154 Å². The summed E-state index contributed by atoms with van der Waals surface area (Å²) in [7, 11) is 1.46. The van der Waals surface area contributed by atoms with Crippen molar-refractivity contribution in [3.05, 3.63) is 67.7 Å². The maximum absolute atomic E-state index is 12.1. The molecular weight excluding hydrogens is 367 g/mol. The molecule has 8 heteroatoms. The SMILES string of the molecule is COc1c(Cl)cc(Cl)cc1/C=C/C(=O)Nc1cc([N+](=O)[O-])ccc1C. The van der Waals surface area contributed by atoms with E-state index in [4.69, 9.17) is 27.9 Å². The number of hydrogen-bond donors (Lipinski definition) is 1. The number of hydrogen-bond acceptors (Lipinski definition) is 4. The smallest absolute Gasteiger partial charge is 0.271 e. The number of anilines is 1. The fourth-order valence-electron chi connectivity index (χ4n) is 2.12. The van der Waals surface area contributed by atoms with Gasteiger partial charge >= 0.3 is 0 Å². The van der Waals surface area contributed by atoms with Gasteiger partial charge in [0.25, 0.3) is 5.69 Å². The van der Waals surface area contributed by atoms with E-state index in [1.54, 1.807) is 19.1 Å². The van der Waals surface area contributed by atoms with E-state index in [2.05, 4.69) is 5.32 Å². The zero-order chi connectivity index (χ0) is 18.6. The maximum atomic E-state index is 12.1. The Kier molecular flexibility index (Phi) is 6.01. The molecule has 1 amide bonds. The summed E-state index contributed by atoms with van der Waals surface area (Å²) < 4.78 is 5.19. The van der Waals surface area contributed by atoms with E-state index in [1.807, 2.05) is 0 Å². The molecule has 0 aliphatic carbocycles. The van der Waals surface area contributed by atoms with E-state index >= 15 is 0 Å². The van der Waals surface area contributed by atoms with Crippen molar-refractivity contribution < 1.29 is 14.5 Å². The predicted molar refractivity (Wildman–Crippen MR) is 98.5 cm³/mol. The van der Waals surface area contributed by atoms with Crippen LogP contribution in [0, 0.1) is 17.0 Å². The van der Waals surface area contributed by atoms with Gasteiger partial charge in [0.1, 0.15) is 5.75 Å². The average Bonchev–Trinajstić information content (AvgIpc) is 2.54. The molecule has 2 aromatic rings. The summed E-state index contributed by atoms with van der Waals surface area (Å²) in [6.07, 6.45) is 2.77. The minimum Gasteiger partial charge on any atom is -0.495 e. The highest BCUT2D eigenvalue weighted by molar-refractivity contribution is 6.36. The van der Waals surface area contributed by atoms with Crippen molar-refractivity contribution >= 4 is 46.6 Å². The number of amides is 1. The normalized spacial score (nSPS) is 10.7. The summed E-state index contributed by atoms with van der Waals surface area (Å²) in [6, 6.07) is 7.38. The minimum absolute atomic E-state index is 0.104. The van der Waals surface area contributed by atoms with Crippen LogP contribution >= 0.6 is 23.2 Å². The van der Waals surface area contributed by atoms with E-state index in [0.717, 1.165) is 0 Å². The van der Waals surface area contributed by atoms with Crippen molar-refractivity contribution in [2.45, 2.75) is 6.92 Å². The minimum atomic E-state index is -0.524. The second-order valence-corrected chi connectivity index (χ2v) is 5.93. The van der Waals surface area contributed by atoms with Crippen molar-refractivity contribution in [3.63, 3.8) is 0 Å². The number of methoxy groups -OCH3 is 1. The van der Waals surface area contributed by atoms with Gasteiger partial charge in [0, 0.05) is 28.8 Å². The van der Waals surface area contributed by atoms with Crippen LogP contribution in [0.3, 0.4) is 0 Å². The Hall–Kier alpha value is -2.57. The Bertz CT molecular complexity index is 866. The van der Waals surface area contributed by atoms with Gasteiger partial charge in [-0.2, -0.15) is 0 Å². The molecule has 6 nitrogen and oxygen atoms in total. The molecule has 0 fully saturated rings. The number of benzene rings is 2. The first-order valence-corrected chi connectivity index (χ1v) is 7.84. The van der Waals surface area contributed by atoms with Crippen molar-refractivity contribution in [2.75, 3.05) is 12.4 Å². The van der Waals surface area contributed by atoms with Gasteiger partial charge in [0.2, 0.25) is 5.91 Å². The van der Waals surface area contributed by atoms with Gasteiger partial charge in [-0.1, -0.05) is 29.3 Å². The third-order valence-electron chi connectivity index (χ3n) is 3.35. The number of ether oxygens (including phenoxy) is 1. The summed E-state index contributed by atoms with van der Waals surface area (Å²) in [5.74, 6) is -0.0663. The molecule has 0 aromatic heterocycles. The van der Waals surface area contributed by atoms with Crippen LogP contribution in [-0.2, 0) is 4.79 Å². The molecule has 0 aliphatic rings. The van der Waals surface area contributed by atoms with Crippen molar-refractivity contribution in [2.24, 2.45) is 0 Å². The molecule has 0 unspecified atom stereocenters. The Balaban J connectivity index is 2.22. The molecule has 25 heavy (non-hydrogen) atoms. The van der Waals surface area contributed by atoms with Crippen LogP contribution in [0.5, 0.6) is 5.75 Å². The lowest BCUT2D eigenvalue weighted by molar-refractivity contribution is -0.384. The highest BCUT2D eigenvalue weighted by Crippen LogP contribution is 2.33. The molecule has 0 atom stereocenters. The number of nitro benzene ring substituents is 1. The van der Waals surface area contributed by atoms with Gasteiger partial charge in [0.05, 0.1) is 22.7 Å². The maximum Gasteiger partial charge on any atom is 0.271 e. The summed E-state index contributed by atoms with van der Waals surface area (Å²) >= 11 is 12.0. The van der Waals surface area contributed by atoms with Crippen molar-refractivity contribution in [1.82, 2.24) is 0 Å². The van der Waals surface area contributed by atoms with Crippen LogP contribution in [-0.4, -0.2) is 17.9 Å². The summed E-state index contributed by atoms with van der Waals surface area (Å²) in [6.45, 7) is 1.74. The fraction of sp³-hybridized carbons (Fsp3) is 0.118. The quantitative estimate of drug-likeness (QED) is 0.455. The molecule has 0 saturated heterocycles. The number of nitrogens with zero attached hydrogens (tertiary/aromatic N) is 1. The Morgan fingerprint density at radius 1 is 1.28 bits per heavy atom. The second kappa shape index (κ2) is 8.00. The first kappa shape index (κ1) is 18.8. The van der Waals surface area contributed by atoms with Gasteiger partial charge in [-0.05, 0) is 30.7 Å². The lowest BCUT2D eigenvalue weighted by atomic mass is 10.1. The molecule has 130 valence electrons.